The molecule has 6 rings (SSSR count). The fourth-order valence-electron chi connectivity index (χ4n) is 5.60. The minimum absolute atomic E-state index is 0.00176. The monoisotopic (exact) mass is 590 g/mol. The fraction of sp³-hybridized carbons (Fsp3) is 0.400. The molecule has 1 amide bonds. The zero-order chi connectivity index (χ0) is 29.4. The number of likely N-dealkylation sites (tertiary alicyclic amines) is 1. The third-order valence-corrected chi connectivity index (χ3v) is 9.08. The number of hydrogen-bond acceptors (Lipinski definition) is 8. The van der Waals surface area contributed by atoms with Crippen LogP contribution in [-0.4, -0.2) is 89.6 Å². The van der Waals surface area contributed by atoms with Crippen molar-refractivity contribution in [2.45, 2.75) is 13.3 Å². The number of rotatable bonds is 8. The first-order chi connectivity index (χ1) is 20.4. The lowest BCUT2D eigenvalue weighted by molar-refractivity contribution is -0.139. The molecule has 3 aromatic heterocycles. The molecule has 0 spiro atoms. The Balaban J connectivity index is 1.21. The molecule has 1 aromatic carbocycles. The van der Waals surface area contributed by atoms with E-state index in [1.54, 1.807) is 17.0 Å². The standard InChI is InChI=1S/C30H32F2N8OS/c1-3-24-29(36(2)30-35-28(25(15-33)42-30)21-4-6-22(32)7-5-21)40-18-23(8-9-26(40)34-24)38-12-10-37(11-13-38)19-27(41)39-16-20(14-31)17-39/h4-9,18,20H,3,10-14,16-17,19H2,1-2H3. The van der Waals surface area contributed by atoms with Gasteiger partial charge >= 0.3 is 0 Å². The maximum Gasteiger partial charge on any atom is 0.236 e. The molecule has 0 aliphatic carbocycles. The second kappa shape index (κ2) is 11.7. The Bertz CT molecular complexity index is 1630. The van der Waals surface area contributed by atoms with Gasteiger partial charge in [-0.25, -0.2) is 14.4 Å². The number of amides is 1. The zero-order valence-electron chi connectivity index (χ0n) is 23.6. The van der Waals surface area contributed by atoms with Crippen LogP contribution < -0.4 is 9.80 Å². The predicted octanol–water partition coefficient (Wildman–Crippen LogP) is 4.35. The predicted molar refractivity (Wildman–Crippen MR) is 160 cm³/mol. The van der Waals surface area contributed by atoms with Crippen molar-refractivity contribution < 1.29 is 13.6 Å². The number of imidazole rings is 1. The largest absolute Gasteiger partial charge is 0.368 e. The fourth-order valence-corrected chi connectivity index (χ4v) is 6.45. The minimum atomic E-state index is -0.358. The van der Waals surface area contributed by atoms with Crippen molar-refractivity contribution in [1.29, 1.82) is 5.26 Å². The number of aromatic nitrogens is 3. The van der Waals surface area contributed by atoms with E-state index in [1.807, 2.05) is 18.0 Å². The zero-order valence-corrected chi connectivity index (χ0v) is 24.4. The molecule has 0 saturated carbocycles. The highest BCUT2D eigenvalue weighted by atomic mass is 32.1. The number of benzene rings is 1. The highest BCUT2D eigenvalue weighted by Crippen LogP contribution is 2.37. The molecule has 218 valence electrons. The van der Waals surface area contributed by atoms with Crippen LogP contribution in [0, 0.1) is 23.1 Å². The summed E-state index contributed by atoms with van der Waals surface area (Å²) in [6.07, 6.45) is 2.80. The van der Waals surface area contributed by atoms with E-state index in [2.05, 4.69) is 39.5 Å². The van der Waals surface area contributed by atoms with E-state index in [0.717, 1.165) is 49.0 Å². The third-order valence-electron chi connectivity index (χ3n) is 8.05. The van der Waals surface area contributed by atoms with Crippen molar-refractivity contribution in [3.05, 3.63) is 59.0 Å². The minimum Gasteiger partial charge on any atom is -0.368 e. The summed E-state index contributed by atoms with van der Waals surface area (Å²) in [5.74, 6) is 0.621. The van der Waals surface area contributed by atoms with Gasteiger partial charge in [0.25, 0.3) is 0 Å². The van der Waals surface area contributed by atoms with Crippen LogP contribution >= 0.6 is 11.3 Å². The number of hydrogen-bond donors (Lipinski definition) is 0. The lowest BCUT2D eigenvalue weighted by atomic mass is 10.0. The molecule has 0 radical (unpaired) electrons. The second-order valence-corrected chi connectivity index (χ2v) is 11.8. The summed E-state index contributed by atoms with van der Waals surface area (Å²) in [7, 11) is 1.92. The molecule has 2 fully saturated rings. The van der Waals surface area contributed by atoms with E-state index in [4.69, 9.17) is 9.97 Å². The van der Waals surface area contributed by atoms with Gasteiger partial charge in [0.2, 0.25) is 5.91 Å². The van der Waals surface area contributed by atoms with Crippen molar-refractivity contribution in [3.63, 3.8) is 0 Å². The van der Waals surface area contributed by atoms with Gasteiger partial charge < -0.3 is 14.7 Å². The Morgan fingerprint density at radius 3 is 2.52 bits per heavy atom. The first-order valence-corrected chi connectivity index (χ1v) is 14.9. The van der Waals surface area contributed by atoms with E-state index in [0.29, 0.717) is 47.3 Å². The highest BCUT2D eigenvalue weighted by molar-refractivity contribution is 7.16. The van der Waals surface area contributed by atoms with E-state index in [1.165, 1.54) is 23.5 Å². The first kappa shape index (κ1) is 28.1. The van der Waals surface area contributed by atoms with Crippen molar-refractivity contribution >= 4 is 39.5 Å². The number of anilines is 3. The molecule has 0 bridgehead atoms. The number of pyridine rings is 1. The lowest BCUT2D eigenvalue weighted by Gasteiger charge is -2.40. The number of aryl methyl sites for hydroxylation is 1. The number of halogens is 2. The number of nitriles is 1. The van der Waals surface area contributed by atoms with E-state index < -0.39 is 0 Å². The van der Waals surface area contributed by atoms with Gasteiger partial charge in [0.05, 0.1) is 24.6 Å². The quantitative estimate of drug-likeness (QED) is 0.302. The Morgan fingerprint density at radius 1 is 1.12 bits per heavy atom. The van der Waals surface area contributed by atoms with Crippen LogP contribution in [0.15, 0.2) is 42.6 Å². The average molecular weight is 591 g/mol. The number of alkyl halides is 1. The van der Waals surface area contributed by atoms with Gasteiger partial charge in [0.15, 0.2) is 5.13 Å². The molecule has 5 heterocycles. The molecular weight excluding hydrogens is 558 g/mol. The topological polar surface area (TPSA) is 84.0 Å². The molecule has 42 heavy (non-hydrogen) atoms. The Kier molecular flexibility index (Phi) is 7.79. The number of thiazole rings is 1. The number of nitrogens with zero attached hydrogens (tertiary/aromatic N) is 8. The summed E-state index contributed by atoms with van der Waals surface area (Å²) in [5, 5.41) is 10.5. The van der Waals surface area contributed by atoms with Crippen LogP contribution in [-0.2, 0) is 11.2 Å². The van der Waals surface area contributed by atoms with Gasteiger partial charge in [0, 0.05) is 64.0 Å². The van der Waals surface area contributed by atoms with Crippen molar-refractivity contribution in [2.24, 2.45) is 5.92 Å². The summed E-state index contributed by atoms with van der Waals surface area (Å²) in [6.45, 7) is 6.24. The average Bonchev–Trinajstić information content (AvgIpc) is 3.58. The van der Waals surface area contributed by atoms with Crippen LogP contribution in [0.3, 0.4) is 0 Å². The van der Waals surface area contributed by atoms with E-state index in [9.17, 15) is 18.8 Å². The van der Waals surface area contributed by atoms with Gasteiger partial charge in [-0.05, 0) is 42.8 Å². The number of fused-ring (bicyclic) bond motifs is 1. The summed E-state index contributed by atoms with van der Waals surface area (Å²) in [4.78, 5) is 30.8. The molecule has 0 N–H and O–H groups in total. The van der Waals surface area contributed by atoms with Crippen LogP contribution in [0.4, 0.5) is 25.4 Å². The Labute approximate surface area is 247 Å². The van der Waals surface area contributed by atoms with Crippen LogP contribution in [0.1, 0.15) is 17.5 Å². The molecule has 12 heteroatoms. The van der Waals surface area contributed by atoms with Crippen LogP contribution in [0.5, 0.6) is 0 Å². The molecule has 2 aliphatic heterocycles. The molecule has 0 unspecified atom stereocenters. The van der Waals surface area contributed by atoms with Crippen molar-refractivity contribution in [2.75, 3.05) is 69.3 Å². The summed E-state index contributed by atoms with van der Waals surface area (Å²) >= 11 is 1.29. The van der Waals surface area contributed by atoms with Crippen LogP contribution in [0.2, 0.25) is 0 Å². The summed E-state index contributed by atoms with van der Waals surface area (Å²) in [6, 6.07) is 12.3. The van der Waals surface area contributed by atoms with Gasteiger partial charge in [-0.15, -0.1) is 0 Å². The molecule has 4 aromatic rings. The molecule has 0 atom stereocenters. The Hall–Kier alpha value is -4.08. The van der Waals surface area contributed by atoms with E-state index in [-0.39, 0.29) is 24.3 Å². The van der Waals surface area contributed by atoms with Crippen molar-refractivity contribution in [3.8, 4) is 17.3 Å². The van der Waals surface area contributed by atoms with Crippen molar-refractivity contribution in [1.82, 2.24) is 24.2 Å². The summed E-state index contributed by atoms with van der Waals surface area (Å²) in [5.41, 5.74) is 4.01. The maximum atomic E-state index is 13.5. The molecule has 2 saturated heterocycles. The highest BCUT2D eigenvalue weighted by Gasteiger charge is 2.32. The maximum absolute atomic E-state index is 13.5. The van der Waals surface area contributed by atoms with Crippen LogP contribution in [0.25, 0.3) is 16.9 Å². The van der Waals surface area contributed by atoms with E-state index >= 15 is 0 Å². The SMILES string of the molecule is CCc1nc2ccc(N3CCN(CC(=O)N4CC(CF)C4)CC3)cn2c1N(C)c1nc(-c2ccc(F)cc2)c(C#N)s1. The first-order valence-electron chi connectivity index (χ1n) is 14.1. The number of carbonyl (C=O) groups excluding carboxylic acids is 1. The van der Waals surface area contributed by atoms with Gasteiger partial charge in [-0.2, -0.15) is 5.26 Å². The third kappa shape index (κ3) is 5.30. The number of carbonyl (C=O) groups is 1. The normalized spacial score (nSPS) is 16.1. The van der Waals surface area contributed by atoms with Gasteiger partial charge in [-0.3, -0.25) is 18.5 Å². The second-order valence-electron chi connectivity index (χ2n) is 10.8. The molecular formula is C30H32F2N8OS. The summed E-state index contributed by atoms with van der Waals surface area (Å²) < 4.78 is 28.3. The molecule has 9 nitrogen and oxygen atoms in total. The Morgan fingerprint density at radius 2 is 1.86 bits per heavy atom. The van der Waals surface area contributed by atoms with Gasteiger partial charge in [0.1, 0.15) is 33.9 Å². The van der Waals surface area contributed by atoms with Gasteiger partial charge in [-0.1, -0.05) is 18.3 Å². The lowest BCUT2D eigenvalue weighted by Crippen LogP contribution is -2.55. The smallest absolute Gasteiger partial charge is 0.236 e. The number of piperazine rings is 1. The molecule has 2 aliphatic rings.